The molecular weight excluding hydrogens is 373 g/mol. The standard InChI is InChI=1S/C19H15F3N4O2/c20-19(21,22)12-4-3-5-13(9-12)26-10-11(8-16(26)27)17(28)25-18-23-14-6-1-2-7-15(14)24-18/h1-7,9,11H,8,10H2,(H2,23,24,25,28)/t11-/m1/s1. The van der Waals surface area contributed by atoms with Crippen molar-refractivity contribution in [3.8, 4) is 0 Å². The lowest BCUT2D eigenvalue weighted by atomic mass is 10.1. The highest BCUT2D eigenvalue weighted by atomic mass is 19.4. The van der Waals surface area contributed by atoms with Gasteiger partial charge in [-0.1, -0.05) is 18.2 Å². The number of alkyl halides is 3. The van der Waals surface area contributed by atoms with Crippen LogP contribution in [0.1, 0.15) is 12.0 Å². The molecule has 4 rings (SSSR count). The van der Waals surface area contributed by atoms with E-state index < -0.39 is 29.5 Å². The van der Waals surface area contributed by atoms with Crippen LogP contribution in [0.5, 0.6) is 0 Å². The van der Waals surface area contributed by atoms with E-state index in [0.717, 1.165) is 17.6 Å². The van der Waals surface area contributed by atoms with Gasteiger partial charge < -0.3 is 9.88 Å². The Kier molecular flexibility index (Phi) is 4.29. The van der Waals surface area contributed by atoms with Crippen LogP contribution >= 0.6 is 0 Å². The van der Waals surface area contributed by atoms with Crippen molar-refractivity contribution in [3.05, 3.63) is 54.1 Å². The fourth-order valence-electron chi connectivity index (χ4n) is 3.21. The second-order valence-electron chi connectivity index (χ2n) is 6.55. The van der Waals surface area contributed by atoms with E-state index in [1.54, 1.807) is 6.07 Å². The molecule has 0 unspecified atom stereocenters. The van der Waals surface area contributed by atoms with Gasteiger partial charge in [0.15, 0.2) is 0 Å². The Morgan fingerprint density at radius 3 is 2.71 bits per heavy atom. The average molecular weight is 388 g/mol. The van der Waals surface area contributed by atoms with Crippen LogP contribution < -0.4 is 10.2 Å². The molecule has 0 radical (unpaired) electrons. The molecule has 1 atom stereocenters. The van der Waals surface area contributed by atoms with Crippen molar-refractivity contribution in [2.45, 2.75) is 12.6 Å². The predicted molar refractivity (Wildman–Crippen MR) is 96.6 cm³/mol. The molecule has 1 aliphatic rings. The van der Waals surface area contributed by atoms with Crippen LogP contribution in [0.2, 0.25) is 0 Å². The molecule has 1 aromatic heterocycles. The van der Waals surface area contributed by atoms with Crippen LogP contribution in [-0.4, -0.2) is 28.3 Å². The highest BCUT2D eigenvalue weighted by molar-refractivity contribution is 6.03. The number of hydrogen-bond acceptors (Lipinski definition) is 3. The van der Waals surface area contributed by atoms with Crippen LogP contribution in [0.3, 0.4) is 0 Å². The summed E-state index contributed by atoms with van der Waals surface area (Å²) in [5.74, 6) is -1.24. The van der Waals surface area contributed by atoms with Crippen LogP contribution in [0.4, 0.5) is 24.8 Å². The first-order valence-electron chi connectivity index (χ1n) is 8.54. The van der Waals surface area contributed by atoms with Crippen molar-refractivity contribution in [2.24, 2.45) is 5.92 Å². The third kappa shape index (κ3) is 3.42. The summed E-state index contributed by atoms with van der Waals surface area (Å²) in [4.78, 5) is 33.2. The van der Waals surface area contributed by atoms with E-state index in [1.807, 2.05) is 18.2 Å². The zero-order chi connectivity index (χ0) is 19.9. The van der Waals surface area contributed by atoms with E-state index in [2.05, 4.69) is 15.3 Å². The average Bonchev–Trinajstić information content (AvgIpc) is 3.24. The lowest BCUT2D eigenvalue weighted by Gasteiger charge is -2.18. The minimum Gasteiger partial charge on any atom is -0.324 e. The van der Waals surface area contributed by atoms with Crippen molar-refractivity contribution in [1.29, 1.82) is 0 Å². The minimum absolute atomic E-state index is 0.00616. The number of aromatic amines is 1. The SMILES string of the molecule is O=C(Nc1nc2ccccc2[nH]1)[C@@H]1CC(=O)N(c2cccc(C(F)(F)F)c2)C1. The Morgan fingerprint density at radius 2 is 1.96 bits per heavy atom. The number of fused-ring (bicyclic) bond motifs is 1. The molecule has 9 heteroatoms. The van der Waals surface area contributed by atoms with Gasteiger partial charge in [0.25, 0.3) is 0 Å². The Bertz CT molecular complexity index is 1030. The zero-order valence-electron chi connectivity index (χ0n) is 14.5. The first kappa shape index (κ1) is 18.0. The molecule has 6 nitrogen and oxygen atoms in total. The number of rotatable bonds is 3. The second kappa shape index (κ2) is 6.66. The molecule has 3 aromatic rings. The molecule has 1 aliphatic heterocycles. The maximum Gasteiger partial charge on any atom is 0.416 e. The number of hydrogen-bond donors (Lipinski definition) is 2. The molecule has 0 aliphatic carbocycles. The Labute approximate surface area is 157 Å². The van der Waals surface area contributed by atoms with E-state index in [0.29, 0.717) is 5.52 Å². The molecule has 2 aromatic carbocycles. The van der Waals surface area contributed by atoms with Crippen molar-refractivity contribution >= 4 is 34.5 Å². The smallest absolute Gasteiger partial charge is 0.324 e. The number of imidazole rings is 1. The van der Waals surface area contributed by atoms with Gasteiger partial charge in [-0.05, 0) is 30.3 Å². The number of anilines is 2. The molecule has 2 N–H and O–H groups in total. The maximum atomic E-state index is 12.9. The van der Waals surface area contributed by atoms with E-state index in [1.165, 1.54) is 17.0 Å². The Balaban J connectivity index is 1.49. The highest BCUT2D eigenvalue weighted by Crippen LogP contribution is 2.33. The molecule has 1 saturated heterocycles. The van der Waals surface area contributed by atoms with Gasteiger partial charge in [0, 0.05) is 18.7 Å². The number of H-pyrrole nitrogens is 1. The number of nitrogens with one attached hydrogen (secondary N) is 2. The highest BCUT2D eigenvalue weighted by Gasteiger charge is 2.37. The van der Waals surface area contributed by atoms with Crippen molar-refractivity contribution in [3.63, 3.8) is 0 Å². The van der Waals surface area contributed by atoms with Gasteiger partial charge in [0.05, 0.1) is 22.5 Å². The molecule has 2 amide bonds. The summed E-state index contributed by atoms with van der Waals surface area (Å²) < 4.78 is 38.7. The normalized spacial score (nSPS) is 17.3. The third-order valence-electron chi connectivity index (χ3n) is 4.61. The van der Waals surface area contributed by atoms with Gasteiger partial charge in [-0.25, -0.2) is 4.98 Å². The number of carbonyl (C=O) groups excluding carboxylic acids is 2. The van der Waals surface area contributed by atoms with Crippen molar-refractivity contribution in [1.82, 2.24) is 9.97 Å². The lowest BCUT2D eigenvalue weighted by molar-refractivity contribution is -0.137. The van der Waals surface area contributed by atoms with Crippen molar-refractivity contribution < 1.29 is 22.8 Å². The molecule has 28 heavy (non-hydrogen) atoms. The fourth-order valence-corrected chi connectivity index (χ4v) is 3.21. The number of carbonyl (C=O) groups is 2. The summed E-state index contributed by atoms with van der Waals surface area (Å²) >= 11 is 0. The molecule has 1 fully saturated rings. The first-order valence-corrected chi connectivity index (χ1v) is 8.54. The third-order valence-corrected chi connectivity index (χ3v) is 4.61. The summed E-state index contributed by atoms with van der Waals surface area (Å²) in [5, 5.41) is 2.64. The minimum atomic E-state index is -4.50. The number of aromatic nitrogens is 2. The second-order valence-corrected chi connectivity index (χ2v) is 6.55. The molecule has 144 valence electrons. The lowest BCUT2D eigenvalue weighted by Crippen LogP contribution is -2.28. The number of halogens is 3. The quantitative estimate of drug-likeness (QED) is 0.720. The summed E-state index contributed by atoms with van der Waals surface area (Å²) in [7, 11) is 0. The largest absolute Gasteiger partial charge is 0.416 e. The molecule has 2 heterocycles. The maximum absolute atomic E-state index is 12.9. The molecule has 0 saturated carbocycles. The van der Waals surface area contributed by atoms with Gasteiger partial charge in [0.1, 0.15) is 0 Å². The molecule has 0 spiro atoms. The summed E-state index contributed by atoms with van der Waals surface area (Å²) in [6.45, 7) is 0.00616. The van der Waals surface area contributed by atoms with E-state index in [9.17, 15) is 22.8 Å². The van der Waals surface area contributed by atoms with Crippen molar-refractivity contribution in [2.75, 3.05) is 16.8 Å². The van der Waals surface area contributed by atoms with Crippen LogP contribution in [0, 0.1) is 5.92 Å². The first-order chi connectivity index (χ1) is 13.3. The Hall–Kier alpha value is -3.36. The number of amides is 2. The predicted octanol–water partition coefficient (Wildman–Crippen LogP) is 3.57. The van der Waals surface area contributed by atoms with Crippen LogP contribution in [-0.2, 0) is 15.8 Å². The monoisotopic (exact) mass is 388 g/mol. The molecule has 0 bridgehead atoms. The summed E-state index contributed by atoms with van der Waals surface area (Å²) in [6, 6.07) is 11.8. The van der Waals surface area contributed by atoms with E-state index in [-0.39, 0.29) is 24.6 Å². The number of benzene rings is 2. The van der Waals surface area contributed by atoms with Gasteiger partial charge in [-0.3, -0.25) is 14.9 Å². The van der Waals surface area contributed by atoms with Crippen LogP contribution in [0.15, 0.2) is 48.5 Å². The number of para-hydroxylation sites is 2. The summed E-state index contributed by atoms with van der Waals surface area (Å²) in [6.07, 6.45) is -4.58. The Morgan fingerprint density at radius 1 is 1.18 bits per heavy atom. The zero-order valence-corrected chi connectivity index (χ0v) is 14.5. The van der Waals surface area contributed by atoms with Gasteiger partial charge in [-0.15, -0.1) is 0 Å². The van der Waals surface area contributed by atoms with Gasteiger partial charge in [-0.2, -0.15) is 13.2 Å². The summed E-state index contributed by atoms with van der Waals surface area (Å²) in [5.41, 5.74) is 0.726. The number of nitrogens with zero attached hydrogens (tertiary/aromatic N) is 2. The molecular formula is C19H15F3N4O2. The topological polar surface area (TPSA) is 78.1 Å². The van der Waals surface area contributed by atoms with Gasteiger partial charge in [0.2, 0.25) is 17.8 Å². The van der Waals surface area contributed by atoms with Gasteiger partial charge >= 0.3 is 6.18 Å². The van der Waals surface area contributed by atoms with E-state index in [4.69, 9.17) is 0 Å². The fraction of sp³-hybridized carbons (Fsp3) is 0.211. The van der Waals surface area contributed by atoms with Crippen LogP contribution in [0.25, 0.3) is 11.0 Å². The van der Waals surface area contributed by atoms with E-state index >= 15 is 0 Å².